The second-order valence-corrected chi connectivity index (χ2v) is 5.43. The molecule has 19 heavy (non-hydrogen) atoms. The Morgan fingerprint density at radius 2 is 2.05 bits per heavy atom. The van der Waals surface area contributed by atoms with Crippen LogP contribution in [0.25, 0.3) is 0 Å². The molecule has 1 aromatic rings. The zero-order chi connectivity index (χ0) is 14.5. The van der Waals surface area contributed by atoms with E-state index in [1.807, 2.05) is 32.9 Å². The molecule has 0 unspecified atom stereocenters. The van der Waals surface area contributed by atoms with E-state index in [4.69, 9.17) is 10.5 Å². The molecule has 0 aliphatic carbocycles. The van der Waals surface area contributed by atoms with Gasteiger partial charge >= 0.3 is 0 Å². The highest BCUT2D eigenvalue weighted by Gasteiger charge is 2.12. The van der Waals surface area contributed by atoms with Gasteiger partial charge in [0.1, 0.15) is 5.75 Å². The Morgan fingerprint density at radius 3 is 2.63 bits per heavy atom. The zero-order valence-electron chi connectivity index (χ0n) is 12.0. The van der Waals surface area contributed by atoms with Gasteiger partial charge in [0.2, 0.25) is 5.91 Å². The molecule has 1 aromatic carbocycles. The molecule has 0 aromatic heterocycles. The van der Waals surface area contributed by atoms with E-state index >= 15 is 0 Å². The Balaban J connectivity index is 2.43. The molecule has 4 N–H and O–H groups in total. The summed E-state index contributed by atoms with van der Waals surface area (Å²) in [6, 6.07) is 5.45. The largest absolute Gasteiger partial charge is 0.495 e. The maximum absolute atomic E-state index is 11.6. The molecule has 5 nitrogen and oxygen atoms in total. The number of hydrogen-bond acceptors (Lipinski definition) is 4. The number of carbonyl (C=O) groups excluding carboxylic acids is 1. The highest BCUT2D eigenvalue weighted by molar-refractivity contribution is 5.77. The predicted octanol–water partition coefficient (Wildman–Crippen LogP) is 1.99. The summed E-state index contributed by atoms with van der Waals surface area (Å²) in [4.78, 5) is 11.6. The van der Waals surface area contributed by atoms with Crippen molar-refractivity contribution in [3.63, 3.8) is 0 Å². The van der Waals surface area contributed by atoms with Gasteiger partial charge in [0, 0.05) is 30.3 Å². The Kier molecular flexibility index (Phi) is 5.03. The molecule has 106 valence electrons. The van der Waals surface area contributed by atoms with Crippen LogP contribution in [0.5, 0.6) is 5.75 Å². The third-order valence-corrected chi connectivity index (χ3v) is 2.43. The maximum atomic E-state index is 11.6. The SMILES string of the molecule is COc1cc(NCCC(=O)NC(C)(C)C)ccc1N. The fraction of sp³-hybridized carbons (Fsp3) is 0.500. The second kappa shape index (κ2) is 6.31. The monoisotopic (exact) mass is 265 g/mol. The number of benzene rings is 1. The number of carbonyl (C=O) groups is 1. The van der Waals surface area contributed by atoms with Crippen LogP contribution in [0.3, 0.4) is 0 Å². The van der Waals surface area contributed by atoms with Crippen LogP contribution in [-0.4, -0.2) is 25.1 Å². The van der Waals surface area contributed by atoms with Crippen molar-refractivity contribution in [1.82, 2.24) is 5.32 Å². The van der Waals surface area contributed by atoms with E-state index in [2.05, 4.69) is 10.6 Å². The lowest BCUT2D eigenvalue weighted by Gasteiger charge is -2.20. The molecule has 0 aliphatic heterocycles. The minimum Gasteiger partial charge on any atom is -0.495 e. The first-order valence-corrected chi connectivity index (χ1v) is 6.30. The molecule has 1 amide bonds. The molecule has 0 spiro atoms. The van der Waals surface area contributed by atoms with Crippen LogP contribution < -0.4 is 21.1 Å². The summed E-state index contributed by atoms with van der Waals surface area (Å²) >= 11 is 0. The number of amides is 1. The summed E-state index contributed by atoms with van der Waals surface area (Å²) in [5.74, 6) is 0.659. The number of nitrogens with one attached hydrogen (secondary N) is 2. The predicted molar refractivity (Wildman–Crippen MR) is 78.4 cm³/mol. The summed E-state index contributed by atoms with van der Waals surface area (Å²) in [6.45, 7) is 6.45. The van der Waals surface area contributed by atoms with Crippen LogP contribution in [0.1, 0.15) is 27.2 Å². The minimum atomic E-state index is -0.193. The average molecular weight is 265 g/mol. The maximum Gasteiger partial charge on any atom is 0.222 e. The van der Waals surface area contributed by atoms with Crippen molar-refractivity contribution in [2.24, 2.45) is 0 Å². The number of methoxy groups -OCH3 is 1. The quantitative estimate of drug-likeness (QED) is 0.712. The van der Waals surface area contributed by atoms with Gasteiger partial charge in [-0.05, 0) is 32.9 Å². The number of nitrogens with two attached hydrogens (primary N) is 1. The van der Waals surface area contributed by atoms with Crippen LogP contribution in [0.2, 0.25) is 0 Å². The van der Waals surface area contributed by atoms with E-state index in [0.29, 0.717) is 24.4 Å². The van der Waals surface area contributed by atoms with Crippen LogP contribution in [0.15, 0.2) is 18.2 Å². The first-order valence-electron chi connectivity index (χ1n) is 6.30. The minimum absolute atomic E-state index is 0.0300. The fourth-order valence-electron chi connectivity index (χ4n) is 1.62. The number of ether oxygens (including phenoxy) is 1. The lowest BCUT2D eigenvalue weighted by atomic mass is 10.1. The summed E-state index contributed by atoms with van der Waals surface area (Å²) in [6.07, 6.45) is 0.421. The first-order chi connectivity index (χ1) is 8.81. The van der Waals surface area contributed by atoms with Crippen molar-refractivity contribution in [3.05, 3.63) is 18.2 Å². The molecule has 0 atom stereocenters. The first kappa shape index (κ1) is 15.1. The lowest BCUT2D eigenvalue weighted by molar-refractivity contribution is -0.122. The highest BCUT2D eigenvalue weighted by Crippen LogP contribution is 2.24. The number of nitrogen functional groups attached to an aromatic ring is 1. The highest BCUT2D eigenvalue weighted by atomic mass is 16.5. The van der Waals surface area contributed by atoms with E-state index < -0.39 is 0 Å². The van der Waals surface area contributed by atoms with Gasteiger partial charge in [0.25, 0.3) is 0 Å². The van der Waals surface area contributed by atoms with E-state index in [9.17, 15) is 4.79 Å². The van der Waals surface area contributed by atoms with Crippen LogP contribution in [0, 0.1) is 0 Å². The van der Waals surface area contributed by atoms with Crippen molar-refractivity contribution in [1.29, 1.82) is 0 Å². The number of rotatable bonds is 5. The summed E-state index contributed by atoms with van der Waals surface area (Å²) in [7, 11) is 1.58. The van der Waals surface area contributed by atoms with Gasteiger partial charge in [0.15, 0.2) is 0 Å². The molecule has 1 rings (SSSR count). The molecule has 0 saturated carbocycles. The van der Waals surface area contributed by atoms with Gasteiger partial charge < -0.3 is 21.1 Å². The molecule has 0 radical (unpaired) electrons. The van der Waals surface area contributed by atoms with Crippen molar-refractivity contribution in [2.75, 3.05) is 24.7 Å². The fourth-order valence-corrected chi connectivity index (χ4v) is 1.62. The topological polar surface area (TPSA) is 76.4 Å². The average Bonchev–Trinajstić information content (AvgIpc) is 2.29. The standard InChI is InChI=1S/C14H23N3O2/c1-14(2,3)17-13(18)7-8-16-10-5-6-11(15)12(9-10)19-4/h5-6,9,16H,7-8,15H2,1-4H3,(H,17,18). The van der Waals surface area contributed by atoms with Crippen molar-refractivity contribution in [2.45, 2.75) is 32.7 Å². The molecule has 0 aliphatic rings. The smallest absolute Gasteiger partial charge is 0.222 e. The van der Waals surface area contributed by atoms with Gasteiger partial charge in [0.05, 0.1) is 12.8 Å². The molecule has 0 heterocycles. The zero-order valence-corrected chi connectivity index (χ0v) is 12.0. The summed E-state index contributed by atoms with van der Waals surface area (Å²) in [5.41, 5.74) is 7.02. The van der Waals surface area contributed by atoms with Crippen LogP contribution in [0.4, 0.5) is 11.4 Å². The van der Waals surface area contributed by atoms with Gasteiger partial charge in [-0.1, -0.05) is 0 Å². The van der Waals surface area contributed by atoms with E-state index in [1.165, 1.54) is 0 Å². The summed E-state index contributed by atoms with van der Waals surface area (Å²) < 4.78 is 5.13. The normalized spacial score (nSPS) is 10.9. The molecule has 0 saturated heterocycles. The van der Waals surface area contributed by atoms with Gasteiger partial charge in [-0.15, -0.1) is 0 Å². The molecular formula is C14H23N3O2. The lowest BCUT2D eigenvalue weighted by Crippen LogP contribution is -2.41. The second-order valence-electron chi connectivity index (χ2n) is 5.43. The van der Waals surface area contributed by atoms with Crippen molar-refractivity contribution < 1.29 is 9.53 Å². The van der Waals surface area contributed by atoms with E-state index in [0.717, 1.165) is 5.69 Å². The third kappa shape index (κ3) is 5.50. The Morgan fingerprint density at radius 1 is 1.37 bits per heavy atom. The Bertz CT molecular complexity index is 439. The van der Waals surface area contributed by atoms with Gasteiger partial charge in [-0.25, -0.2) is 0 Å². The van der Waals surface area contributed by atoms with E-state index in [-0.39, 0.29) is 11.4 Å². The molecular weight excluding hydrogens is 242 g/mol. The van der Waals surface area contributed by atoms with Crippen molar-refractivity contribution >= 4 is 17.3 Å². The van der Waals surface area contributed by atoms with Gasteiger partial charge in [-0.3, -0.25) is 4.79 Å². The Labute approximate surface area is 114 Å². The van der Waals surface area contributed by atoms with Gasteiger partial charge in [-0.2, -0.15) is 0 Å². The number of hydrogen-bond donors (Lipinski definition) is 3. The third-order valence-electron chi connectivity index (χ3n) is 2.43. The van der Waals surface area contributed by atoms with Crippen LogP contribution in [-0.2, 0) is 4.79 Å². The summed E-state index contributed by atoms with van der Waals surface area (Å²) in [5, 5.41) is 6.08. The van der Waals surface area contributed by atoms with E-state index in [1.54, 1.807) is 13.2 Å². The molecule has 5 heteroatoms. The van der Waals surface area contributed by atoms with Crippen molar-refractivity contribution in [3.8, 4) is 5.75 Å². The van der Waals surface area contributed by atoms with Crippen LogP contribution >= 0.6 is 0 Å². The number of anilines is 2. The Hall–Kier alpha value is -1.91. The molecule has 0 fully saturated rings. The molecule has 0 bridgehead atoms.